The minimum Gasteiger partial charge on any atom is -0.486 e. The molecule has 0 radical (unpaired) electrons. The van der Waals surface area contributed by atoms with E-state index in [-0.39, 0.29) is 13.0 Å². The minimum absolute atomic E-state index is 0.0249. The summed E-state index contributed by atoms with van der Waals surface area (Å²) in [5.74, 6) is -0.265. The van der Waals surface area contributed by atoms with Gasteiger partial charge < -0.3 is 29.8 Å². The Bertz CT molecular complexity index is 1280. The van der Waals surface area contributed by atoms with Crippen LogP contribution in [0.5, 0.6) is 17.4 Å². The fourth-order valence-electron chi connectivity index (χ4n) is 4.34. The summed E-state index contributed by atoms with van der Waals surface area (Å²) in [5, 5.41) is 11.2. The van der Waals surface area contributed by atoms with E-state index in [4.69, 9.17) is 24.7 Å². The summed E-state index contributed by atoms with van der Waals surface area (Å²) in [5.41, 5.74) is 7.55. The maximum atomic E-state index is 12.6. The van der Waals surface area contributed by atoms with Gasteiger partial charge >= 0.3 is 6.09 Å². The van der Waals surface area contributed by atoms with E-state index in [1.54, 1.807) is 36.4 Å². The molecule has 4 heterocycles. The highest BCUT2D eigenvalue weighted by Crippen LogP contribution is 2.37. The maximum Gasteiger partial charge on any atom is 0.414 e. The van der Waals surface area contributed by atoms with E-state index < -0.39 is 30.1 Å². The third-order valence-corrected chi connectivity index (χ3v) is 6.09. The quantitative estimate of drug-likeness (QED) is 0.518. The molecular weight excluding hydrogens is 456 g/mol. The van der Waals surface area contributed by atoms with Crippen LogP contribution in [0.2, 0.25) is 0 Å². The number of amides is 2. The van der Waals surface area contributed by atoms with E-state index in [1.807, 2.05) is 0 Å². The summed E-state index contributed by atoms with van der Waals surface area (Å²) in [6.07, 6.45) is -0.980. The van der Waals surface area contributed by atoms with Crippen molar-refractivity contribution in [3.05, 3.63) is 48.2 Å². The van der Waals surface area contributed by atoms with Gasteiger partial charge in [0, 0.05) is 30.3 Å². The number of rotatable bonds is 7. The monoisotopic (exact) mass is 480 g/mol. The van der Waals surface area contributed by atoms with Crippen LogP contribution in [0.15, 0.2) is 42.6 Å². The predicted octanol–water partition coefficient (Wildman–Crippen LogP) is 1.96. The zero-order valence-corrected chi connectivity index (χ0v) is 18.9. The number of carbonyl (C=O) groups excluding carboxylic acids is 2. The van der Waals surface area contributed by atoms with Crippen molar-refractivity contribution in [2.75, 3.05) is 31.8 Å². The highest BCUT2D eigenvalue weighted by molar-refractivity contribution is 5.90. The van der Waals surface area contributed by atoms with Crippen LogP contribution in [-0.2, 0) is 9.53 Å². The van der Waals surface area contributed by atoms with Crippen molar-refractivity contribution < 1.29 is 33.6 Å². The standard InChI is InChI=1S/C24H24N4O7/c1-32-20-5-3-17-21(27-20)15(6-7-26-17)22(29)16(23(25)30)11-14-12-28(24(31)35-14)13-2-4-18-19(10-13)34-9-8-33-18/h2-7,10,14,16,22,29H,8-9,11-12H2,1H3,(H2,25,30)/t14-,16?,22?/m1/s1. The number of pyridine rings is 2. The number of ether oxygens (including phenoxy) is 4. The molecule has 2 unspecified atom stereocenters. The molecular formula is C24H24N4O7. The summed E-state index contributed by atoms with van der Waals surface area (Å²) in [6.45, 7) is 1.07. The van der Waals surface area contributed by atoms with Crippen LogP contribution in [0.4, 0.5) is 10.5 Å². The lowest BCUT2D eigenvalue weighted by Crippen LogP contribution is -2.33. The van der Waals surface area contributed by atoms with Gasteiger partial charge in [0.2, 0.25) is 11.8 Å². The number of methoxy groups -OCH3 is 1. The fraction of sp³-hybridized carbons (Fsp3) is 0.333. The first kappa shape index (κ1) is 22.7. The zero-order valence-electron chi connectivity index (χ0n) is 18.9. The molecule has 3 atom stereocenters. The van der Waals surface area contributed by atoms with Crippen LogP contribution in [-0.4, -0.2) is 60.0 Å². The Labute approximate surface area is 200 Å². The van der Waals surface area contributed by atoms with Crippen LogP contribution >= 0.6 is 0 Å². The summed E-state index contributed by atoms with van der Waals surface area (Å²) in [6, 6.07) is 10.1. The zero-order chi connectivity index (χ0) is 24.5. The van der Waals surface area contributed by atoms with Crippen molar-refractivity contribution in [3.63, 3.8) is 0 Å². The molecule has 2 amide bonds. The Hall–Kier alpha value is -4.12. The van der Waals surface area contributed by atoms with Crippen molar-refractivity contribution in [1.82, 2.24) is 9.97 Å². The van der Waals surface area contributed by atoms with Gasteiger partial charge in [-0.1, -0.05) is 0 Å². The second kappa shape index (κ2) is 9.26. The lowest BCUT2D eigenvalue weighted by atomic mass is 9.89. The lowest BCUT2D eigenvalue weighted by Gasteiger charge is -2.23. The largest absolute Gasteiger partial charge is 0.486 e. The summed E-state index contributed by atoms with van der Waals surface area (Å²) >= 11 is 0. The Morgan fingerprint density at radius 2 is 2.03 bits per heavy atom. The van der Waals surface area contributed by atoms with Gasteiger partial charge in [0.15, 0.2) is 11.5 Å². The molecule has 2 aromatic heterocycles. The van der Waals surface area contributed by atoms with E-state index >= 15 is 0 Å². The van der Waals surface area contributed by atoms with Crippen molar-refractivity contribution in [1.29, 1.82) is 0 Å². The van der Waals surface area contributed by atoms with Gasteiger partial charge in [0.1, 0.15) is 19.3 Å². The van der Waals surface area contributed by atoms with E-state index in [2.05, 4.69) is 9.97 Å². The molecule has 3 aromatic rings. The first-order valence-electron chi connectivity index (χ1n) is 11.1. The van der Waals surface area contributed by atoms with Crippen molar-refractivity contribution in [3.8, 4) is 17.4 Å². The average Bonchev–Trinajstić information content (AvgIpc) is 3.25. The molecule has 11 heteroatoms. The molecule has 5 rings (SSSR count). The Morgan fingerprint density at radius 1 is 1.23 bits per heavy atom. The van der Waals surface area contributed by atoms with Gasteiger partial charge in [0.05, 0.1) is 42.4 Å². The molecule has 0 saturated carbocycles. The molecule has 2 aliphatic rings. The van der Waals surface area contributed by atoms with E-state index in [9.17, 15) is 14.7 Å². The molecule has 35 heavy (non-hydrogen) atoms. The molecule has 0 spiro atoms. The number of aliphatic hydroxyl groups excluding tert-OH is 1. The summed E-state index contributed by atoms with van der Waals surface area (Å²) in [4.78, 5) is 35.1. The van der Waals surface area contributed by atoms with Gasteiger partial charge in [0.25, 0.3) is 0 Å². The molecule has 3 N–H and O–H groups in total. The minimum atomic E-state index is -1.29. The first-order chi connectivity index (χ1) is 16.9. The number of aliphatic hydroxyl groups is 1. The van der Waals surface area contributed by atoms with E-state index in [0.29, 0.717) is 52.9 Å². The number of primary amides is 1. The van der Waals surface area contributed by atoms with Gasteiger partial charge in [-0.15, -0.1) is 0 Å². The molecule has 2 aliphatic heterocycles. The number of hydrogen-bond acceptors (Lipinski definition) is 9. The third kappa shape index (κ3) is 4.37. The summed E-state index contributed by atoms with van der Waals surface area (Å²) in [7, 11) is 1.48. The SMILES string of the molecule is COc1ccc2nccc(C(O)C(C[C@@H]3CN(c4ccc5c(c4)OCCO5)C(=O)O3)C(N)=O)c2n1. The van der Waals surface area contributed by atoms with Crippen LogP contribution in [0, 0.1) is 5.92 Å². The number of hydrogen-bond donors (Lipinski definition) is 2. The van der Waals surface area contributed by atoms with Gasteiger partial charge in [-0.05, 0) is 24.3 Å². The Morgan fingerprint density at radius 3 is 2.80 bits per heavy atom. The molecule has 11 nitrogen and oxygen atoms in total. The van der Waals surface area contributed by atoms with Gasteiger partial charge in [-0.3, -0.25) is 14.7 Å². The van der Waals surface area contributed by atoms with Crippen molar-refractivity contribution in [2.45, 2.75) is 18.6 Å². The fourth-order valence-corrected chi connectivity index (χ4v) is 4.34. The second-order valence-electron chi connectivity index (χ2n) is 8.26. The Kier molecular flexibility index (Phi) is 6.00. The molecule has 0 aliphatic carbocycles. The smallest absolute Gasteiger partial charge is 0.414 e. The number of cyclic esters (lactones) is 1. The number of carbonyl (C=O) groups is 2. The van der Waals surface area contributed by atoms with Crippen molar-refractivity contribution in [2.24, 2.45) is 11.7 Å². The van der Waals surface area contributed by atoms with Crippen LogP contribution in [0.25, 0.3) is 11.0 Å². The number of nitrogens with two attached hydrogens (primary N) is 1. The van der Waals surface area contributed by atoms with Crippen LogP contribution in [0.1, 0.15) is 18.1 Å². The lowest BCUT2D eigenvalue weighted by molar-refractivity contribution is -0.126. The highest BCUT2D eigenvalue weighted by atomic mass is 16.6. The van der Waals surface area contributed by atoms with Gasteiger partial charge in [-0.25, -0.2) is 9.78 Å². The second-order valence-corrected chi connectivity index (χ2v) is 8.26. The maximum absolute atomic E-state index is 12.6. The van der Waals surface area contributed by atoms with Crippen LogP contribution in [0.3, 0.4) is 0 Å². The third-order valence-electron chi connectivity index (χ3n) is 6.09. The number of benzene rings is 1. The molecule has 182 valence electrons. The predicted molar refractivity (Wildman–Crippen MR) is 123 cm³/mol. The van der Waals surface area contributed by atoms with E-state index in [1.165, 1.54) is 18.2 Å². The molecule has 1 saturated heterocycles. The number of aromatic nitrogens is 2. The Balaban J connectivity index is 1.36. The summed E-state index contributed by atoms with van der Waals surface area (Å²) < 4.78 is 21.8. The molecule has 1 fully saturated rings. The number of anilines is 1. The van der Waals surface area contributed by atoms with E-state index in [0.717, 1.165) is 0 Å². The van der Waals surface area contributed by atoms with Gasteiger partial charge in [-0.2, -0.15) is 0 Å². The normalized spacial score (nSPS) is 18.7. The highest BCUT2D eigenvalue weighted by Gasteiger charge is 2.38. The number of fused-ring (bicyclic) bond motifs is 2. The topological polar surface area (TPSA) is 146 Å². The first-order valence-corrected chi connectivity index (χ1v) is 11.1. The van der Waals surface area contributed by atoms with Crippen molar-refractivity contribution >= 4 is 28.7 Å². The average molecular weight is 480 g/mol. The van der Waals surface area contributed by atoms with Crippen LogP contribution < -0.4 is 24.8 Å². The molecule has 1 aromatic carbocycles. The molecule has 0 bridgehead atoms. The number of nitrogens with zero attached hydrogens (tertiary/aromatic N) is 3.